The van der Waals surface area contributed by atoms with Gasteiger partial charge in [-0.15, -0.1) is 0 Å². The number of hydrogen-bond donors (Lipinski definition) is 0. The average Bonchev–Trinajstić information content (AvgIpc) is 2.76. The van der Waals surface area contributed by atoms with E-state index in [2.05, 4.69) is 13.8 Å². The third kappa shape index (κ3) is 6.32. The first-order chi connectivity index (χ1) is 14.6. The molecular weight excluding hydrogens is 398 g/mol. The number of rotatable bonds is 10. The topological polar surface area (TPSA) is 64.4 Å². The van der Waals surface area contributed by atoms with Crippen LogP contribution in [-0.2, 0) is 16.1 Å². The molecule has 1 aromatic carbocycles. The molecule has 1 amide bonds. The van der Waals surface area contributed by atoms with Crippen LogP contribution in [0.15, 0.2) is 34.2 Å². The molecule has 0 unspecified atom stereocenters. The van der Waals surface area contributed by atoms with Gasteiger partial charge in [0.2, 0.25) is 5.91 Å². The number of ether oxygens (including phenoxy) is 1. The molecule has 1 fully saturated rings. The molecule has 164 valence electrons. The standard InChI is InChI=1S/C23H33N3O3S/c1-18(2)9-5-3-4-8-12-26-22(28)19-10-6-7-11-20(19)24-23(26)30-17-21(27)25-13-15-29-16-14-25/h6-7,10-11,18H,3-5,8-9,12-17H2,1-2H3. The zero-order valence-electron chi connectivity index (χ0n) is 18.1. The maximum absolute atomic E-state index is 13.1. The minimum atomic E-state index is -0.0101. The predicted octanol–water partition coefficient (Wildman–Crippen LogP) is 3.95. The van der Waals surface area contributed by atoms with E-state index in [0.717, 1.165) is 18.8 Å². The van der Waals surface area contributed by atoms with E-state index in [-0.39, 0.29) is 11.5 Å². The van der Waals surface area contributed by atoms with Crippen LogP contribution < -0.4 is 5.56 Å². The highest BCUT2D eigenvalue weighted by atomic mass is 32.2. The van der Waals surface area contributed by atoms with Crippen molar-refractivity contribution in [1.82, 2.24) is 14.5 Å². The highest BCUT2D eigenvalue weighted by Gasteiger charge is 2.19. The fourth-order valence-corrected chi connectivity index (χ4v) is 4.59. The number of carbonyl (C=O) groups is 1. The Hall–Kier alpha value is -1.86. The van der Waals surface area contributed by atoms with Crippen LogP contribution in [0.25, 0.3) is 10.9 Å². The van der Waals surface area contributed by atoms with Crippen molar-refractivity contribution in [3.8, 4) is 0 Å². The summed E-state index contributed by atoms with van der Waals surface area (Å²) in [7, 11) is 0. The van der Waals surface area contributed by atoms with Crippen molar-refractivity contribution in [3.05, 3.63) is 34.6 Å². The molecule has 3 rings (SSSR count). The molecule has 1 aliphatic rings. The maximum atomic E-state index is 13.1. The molecule has 2 heterocycles. The highest BCUT2D eigenvalue weighted by Crippen LogP contribution is 2.20. The minimum absolute atomic E-state index is 0.0101. The minimum Gasteiger partial charge on any atom is -0.378 e. The number of morpholine rings is 1. The van der Waals surface area contributed by atoms with Crippen molar-refractivity contribution >= 4 is 28.6 Å². The lowest BCUT2D eigenvalue weighted by Crippen LogP contribution is -2.41. The number of amides is 1. The first-order valence-electron chi connectivity index (χ1n) is 11.0. The Morgan fingerprint density at radius 1 is 1.13 bits per heavy atom. The Morgan fingerprint density at radius 3 is 2.63 bits per heavy atom. The van der Waals surface area contributed by atoms with Gasteiger partial charge >= 0.3 is 0 Å². The Kier molecular flexibility index (Phi) is 8.75. The number of para-hydroxylation sites is 1. The molecule has 0 aliphatic carbocycles. The van der Waals surface area contributed by atoms with Gasteiger partial charge in [-0.2, -0.15) is 0 Å². The molecule has 0 radical (unpaired) electrons. The fraction of sp³-hybridized carbons (Fsp3) is 0.609. The van der Waals surface area contributed by atoms with Crippen LogP contribution >= 0.6 is 11.8 Å². The lowest BCUT2D eigenvalue weighted by Gasteiger charge is -2.26. The molecule has 1 saturated heterocycles. The normalized spacial score (nSPS) is 14.6. The Bertz CT molecular complexity index is 891. The summed E-state index contributed by atoms with van der Waals surface area (Å²) < 4.78 is 7.09. The second-order valence-corrected chi connectivity index (χ2v) is 9.19. The molecular formula is C23H33N3O3S. The largest absolute Gasteiger partial charge is 0.378 e. The summed E-state index contributed by atoms with van der Waals surface area (Å²) >= 11 is 1.37. The maximum Gasteiger partial charge on any atom is 0.262 e. The van der Waals surface area contributed by atoms with Crippen LogP contribution in [0, 0.1) is 5.92 Å². The van der Waals surface area contributed by atoms with E-state index in [0.29, 0.717) is 54.7 Å². The lowest BCUT2D eigenvalue weighted by molar-refractivity contribution is -0.132. The molecule has 1 aromatic heterocycles. The third-order valence-corrected chi connectivity index (χ3v) is 6.39. The SMILES string of the molecule is CC(C)CCCCCCn1c(SCC(=O)N2CCOCC2)nc2ccccc2c1=O. The average molecular weight is 432 g/mol. The summed E-state index contributed by atoms with van der Waals surface area (Å²) in [5.74, 6) is 1.11. The van der Waals surface area contributed by atoms with E-state index >= 15 is 0 Å². The van der Waals surface area contributed by atoms with Crippen LogP contribution in [0.5, 0.6) is 0 Å². The van der Waals surface area contributed by atoms with Gasteiger partial charge in [-0.3, -0.25) is 14.2 Å². The molecule has 2 aromatic rings. The lowest BCUT2D eigenvalue weighted by atomic mass is 10.0. The molecule has 0 saturated carbocycles. The predicted molar refractivity (Wildman–Crippen MR) is 122 cm³/mol. The van der Waals surface area contributed by atoms with Crippen LogP contribution in [0.1, 0.15) is 46.0 Å². The molecule has 30 heavy (non-hydrogen) atoms. The molecule has 0 atom stereocenters. The van der Waals surface area contributed by atoms with E-state index in [9.17, 15) is 9.59 Å². The van der Waals surface area contributed by atoms with E-state index in [4.69, 9.17) is 9.72 Å². The third-order valence-electron chi connectivity index (χ3n) is 5.43. The van der Waals surface area contributed by atoms with Crippen molar-refractivity contribution in [2.45, 2.75) is 57.7 Å². The fourth-order valence-electron chi connectivity index (χ4n) is 3.66. The Labute approximate surface area is 183 Å². The summed E-state index contributed by atoms with van der Waals surface area (Å²) in [4.78, 5) is 32.2. The first-order valence-corrected chi connectivity index (χ1v) is 12.0. The van der Waals surface area contributed by atoms with E-state index in [1.165, 1.54) is 31.0 Å². The quantitative estimate of drug-likeness (QED) is 0.324. The second kappa shape index (κ2) is 11.5. The number of thioether (sulfide) groups is 1. The summed E-state index contributed by atoms with van der Waals surface area (Å²) in [5, 5.41) is 1.28. The molecule has 0 N–H and O–H groups in total. The monoisotopic (exact) mass is 431 g/mol. The number of hydrogen-bond acceptors (Lipinski definition) is 5. The van der Waals surface area contributed by atoms with Crippen LogP contribution in [0.4, 0.5) is 0 Å². The van der Waals surface area contributed by atoms with Gasteiger partial charge in [0.1, 0.15) is 0 Å². The highest BCUT2D eigenvalue weighted by molar-refractivity contribution is 7.99. The van der Waals surface area contributed by atoms with Gasteiger partial charge in [-0.25, -0.2) is 4.98 Å². The summed E-state index contributed by atoms with van der Waals surface area (Å²) in [6.45, 7) is 7.59. The number of unbranched alkanes of at least 4 members (excludes halogenated alkanes) is 3. The van der Waals surface area contributed by atoms with Gasteiger partial charge in [-0.05, 0) is 24.5 Å². The molecule has 6 nitrogen and oxygen atoms in total. The molecule has 0 bridgehead atoms. The van der Waals surface area contributed by atoms with Crippen molar-refractivity contribution in [2.75, 3.05) is 32.1 Å². The second-order valence-electron chi connectivity index (χ2n) is 8.25. The van der Waals surface area contributed by atoms with Crippen LogP contribution in [-0.4, -0.2) is 52.4 Å². The number of aromatic nitrogens is 2. The van der Waals surface area contributed by atoms with E-state index < -0.39 is 0 Å². The van der Waals surface area contributed by atoms with Gasteiger partial charge in [0, 0.05) is 19.6 Å². The van der Waals surface area contributed by atoms with Gasteiger partial charge in [0.15, 0.2) is 5.16 Å². The number of fused-ring (bicyclic) bond motifs is 1. The van der Waals surface area contributed by atoms with Gasteiger partial charge in [0.05, 0.1) is 29.9 Å². The van der Waals surface area contributed by atoms with Crippen molar-refractivity contribution in [2.24, 2.45) is 5.92 Å². The number of carbonyl (C=O) groups excluding carboxylic acids is 1. The van der Waals surface area contributed by atoms with Crippen LogP contribution in [0.2, 0.25) is 0 Å². The smallest absolute Gasteiger partial charge is 0.262 e. The van der Waals surface area contributed by atoms with Gasteiger partial charge in [-0.1, -0.05) is 63.4 Å². The van der Waals surface area contributed by atoms with Crippen molar-refractivity contribution < 1.29 is 9.53 Å². The molecule has 0 spiro atoms. The van der Waals surface area contributed by atoms with E-state index in [1.807, 2.05) is 29.2 Å². The Morgan fingerprint density at radius 2 is 1.87 bits per heavy atom. The van der Waals surface area contributed by atoms with Gasteiger partial charge < -0.3 is 9.64 Å². The first kappa shape index (κ1) is 22.8. The Balaban J connectivity index is 1.68. The van der Waals surface area contributed by atoms with Gasteiger partial charge in [0.25, 0.3) is 5.56 Å². The number of nitrogens with zero attached hydrogens (tertiary/aromatic N) is 3. The molecule has 1 aliphatic heterocycles. The summed E-state index contributed by atoms with van der Waals surface area (Å²) in [6.07, 6.45) is 5.72. The summed E-state index contributed by atoms with van der Waals surface area (Å²) in [6, 6.07) is 7.45. The van der Waals surface area contributed by atoms with Crippen molar-refractivity contribution in [1.29, 1.82) is 0 Å². The summed E-state index contributed by atoms with van der Waals surface area (Å²) in [5.41, 5.74) is 0.682. The zero-order valence-corrected chi connectivity index (χ0v) is 19.0. The van der Waals surface area contributed by atoms with Crippen LogP contribution in [0.3, 0.4) is 0 Å². The molecule has 7 heteroatoms. The van der Waals surface area contributed by atoms with E-state index in [1.54, 1.807) is 4.57 Å². The number of benzene rings is 1. The zero-order chi connectivity index (χ0) is 21.3. The van der Waals surface area contributed by atoms with Crippen molar-refractivity contribution in [3.63, 3.8) is 0 Å².